The number of benzene rings is 1. The molecule has 0 bridgehead atoms. The Morgan fingerprint density at radius 1 is 1.19 bits per heavy atom. The number of hydrogen-bond donors (Lipinski definition) is 0. The van der Waals surface area contributed by atoms with Gasteiger partial charge in [0.2, 0.25) is 0 Å². The smallest absolute Gasteiger partial charge is 0.276 e. The molecule has 21 heavy (non-hydrogen) atoms. The molecule has 1 amide bonds. The second kappa shape index (κ2) is 6.10. The van der Waals surface area contributed by atoms with Crippen LogP contribution in [0.5, 0.6) is 0 Å². The first kappa shape index (κ1) is 13.8. The van der Waals surface area contributed by atoms with Gasteiger partial charge in [0.15, 0.2) is 11.5 Å². The number of hydrogen-bond acceptors (Lipinski definition) is 4. The van der Waals surface area contributed by atoms with Gasteiger partial charge in [-0.05, 0) is 6.54 Å². The molecule has 0 aliphatic carbocycles. The third-order valence-electron chi connectivity index (χ3n) is 3.89. The summed E-state index contributed by atoms with van der Waals surface area (Å²) < 4.78 is 5.30. The van der Waals surface area contributed by atoms with Crippen LogP contribution in [0.25, 0.3) is 11.3 Å². The monoisotopic (exact) mass is 285 g/mol. The number of carbonyl (C=O) groups excluding carboxylic acids is 1. The lowest BCUT2D eigenvalue weighted by Crippen LogP contribution is -2.48. The summed E-state index contributed by atoms with van der Waals surface area (Å²) in [5.74, 6) is 0.586. The highest BCUT2D eigenvalue weighted by atomic mass is 16.5. The maximum atomic E-state index is 12.4. The highest BCUT2D eigenvalue weighted by Gasteiger charge is 2.24. The van der Waals surface area contributed by atoms with Gasteiger partial charge in [0.25, 0.3) is 5.91 Å². The van der Waals surface area contributed by atoms with Crippen LogP contribution in [0.15, 0.2) is 40.9 Å². The molecular weight excluding hydrogens is 266 g/mol. The fourth-order valence-corrected chi connectivity index (χ4v) is 2.54. The number of amides is 1. The molecule has 0 unspecified atom stereocenters. The van der Waals surface area contributed by atoms with Gasteiger partial charge in [0.1, 0.15) is 0 Å². The minimum atomic E-state index is -0.0447. The molecule has 0 saturated carbocycles. The van der Waals surface area contributed by atoms with Gasteiger partial charge in [-0.3, -0.25) is 4.79 Å². The van der Waals surface area contributed by atoms with Crippen LogP contribution in [0.1, 0.15) is 17.4 Å². The van der Waals surface area contributed by atoms with E-state index in [0.29, 0.717) is 11.5 Å². The SMILES string of the molecule is CCN1CCN(C(=O)c2cc(-c3ccccc3)on2)CC1. The Bertz CT molecular complexity index is 601. The number of rotatable bonds is 3. The van der Waals surface area contributed by atoms with Crippen LogP contribution in [0.4, 0.5) is 0 Å². The maximum Gasteiger partial charge on any atom is 0.276 e. The van der Waals surface area contributed by atoms with E-state index in [4.69, 9.17) is 4.52 Å². The Labute approximate surface area is 124 Å². The number of likely N-dealkylation sites (N-methyl/N-ethyl adjacent to an activating group) is 1. The Balaban J connectivity index is 1.70. The molecule has 110 valence electrons. The van der Waals surface area contributed by atoms with Gasteiger partial charge in [-0.1, -0.05) is 42.4 Å². The van der Waals surface area contributed by atoms with Crippen LogP contribution in [0.2, 0.25) is 0 Å². The predicted octanol–water partition coefficient (Wildman–Crippen LogP) is 2.12. The Kier molecular flexibility index (Phi) is 4.01. The topological polar surface area (TPSA) is 49.6 Å². The van der Waals surface area contributed by atoms with Crippen molar-refractivity contribution in [2.45, 2.75) is 6.92 Å². The first-order valence-corrected chi connectivity index (χ1v) is 7.31. The van der Waals surface area contributed by atoms with Gasteiger partial charge in [-0.25, -0.2) is 0 Å². The summed E-state index contributed by atoms with van der Waals surface area (Å²) in [5.41, 5.74) is 1.32. The maximum absolute atomic E-state index is 12.4. The van der Waals surface area contributed by atoms with Crippen molar-refractivity contribution < 1.29 is 9.32 Å². The molecule has 1 saturated heterocycles. The highest BCUT2D eigenvalue weighted by Crippen LogP contribution is 2.20. The number of nitrogens with zero attached hydrogens (tertiary/aromatic N) is 3. The molecule has 1 aromatic carbocycles. The summed E-state index contributed by atoms with van der Waals surface area (Å²) in [6.07, 6.45) is 0. The third-order valence-corrected chi connectivity index (χ3v) is 3.89. The molecule has 2 aromatic rings. The van der Waals surface area contributed by atoms with Crippen molar-refractivity contribution in [2.24, 2.45) is 0 Å². The van der Waals surface area contributed by atoms with Crippen molar-refractivity contribution >= 4 is 5.91 Å². The molecule has 2 heterocycles. The van der Waals surface area contributed by atoms with Crippen LogP contribution >= 0.6 is 0 Å². The van der Waals surface area contributed by atoms with Gasteiger partial charge in [0.05, 0.1) is 0 Å². The highest BCUT2D eigenvalue weighted by molar-refractivity contribution is 5.93. The van der Waals surface area contributed by atoms with Gasteiger partial charge in [-0.15, -0.1) is 0 Å². The van der Waals surface area contributed by atoms with E-state index >= 15 is 0 Å². The van der Waals surface area contributed by atoms with E-state index < -0.39 is 0 Å². The Hall–Kier alpha value is -2.14. The summed E-state index contributed by atoms with van der Waals surface area (Å²) in [6.45, 7) is 6.52. The van der Waals surface area contributed by atoms with Crippen molar-refractivity contribution in [1.82, 2.24) is 15.0 Å². The van der Waals surface area contributed by atoms with Crippen molar-refractivity contribution in [3.8, 4) is 11.3 Å². The van der Waals surface area contributed by atoms with Gasteiger partial charge >= 0.3 is 0 Å². The van der Waals surface area contributed by atoms with E-state index in [0.717, 1.165) is 38.3 Å². The Morgan fingerprint density at radius 2 is 1.90 bits per heavy atom. The zero-order valence-electron chi connectivity index (χ0n) is 12.2. The van der Waals surface area contributed by atoms with Crippen LogP contribution in [0.3, 0.4) is 0 Å². The average molecular weight is 285 g/mol. The van der Waals surface area contributed by atoms with Crippen molar-refractivity contribution in [3.63, 3.8) is 0 Å². The molecule has 1 fully saturated rings. The zero-order valence-corrected chi connectivity index (χ0v) is 12.2. The minimum absolute atomic E-state index is 0.0447. The summed E-state index contributed by atoms with van der Waals surface area (Å²) in [4.78, 5) is 16.6. The normalized spacial score (nSPS) is 16.1. The molecule has 1 aliphatic heterocycles. The number of aromatic nitrogens is 1. The lowest BCUT2D eigenvalue weighted by molar-refractivity contribution is 0.0633. The molecule has 5 nitrogen and oxygen atoms in total. The van der Waals surface area contributed by atoms with Crippen LogP contribution in [-0.4, -0.2) is 53.6 Å². The van der Waals surface area contributed by atoms with Crippen LogP contribution < -0.4 is 0 Å². The largest absolute Gasteiger partial charge is 0.355 e. The van der Waals surface area contributed by atoms with Gasteiger partial charge in [0, 0.05) is 37.8 Å². The second-order valence-corrected chi connectivity index (χ2v) is 5.17. The second-order valence-electron chi connectivity index (χ2n) is 5.17. The molecule has 3 rings (SSSR count). The van der Waals surface area contributed by atoms with E-state index in [1.54, 1.807) is 6.07 Å². The number of piperazine rings is 1. The molecule has 5 heteroatoms. The van der Waals surface area contributed by atoms with Crippen LogP contribution in [-0.2, 0) is 0 Å². The first-order valence-electron chi connectivity index (χ1n) is 7.31. The molecular formula is C16H19N3O2. The quantitative estimate of drug-likeness (QED) is 0.866. The van der Waals surface area contributed by atoms with Gasteiger partial charge in [-0.2, -0.15) is 0 Å². The van der Waals surface area contributed by atoms with E-state index in [9.17, 15) is 4.79 Å². The molecule has 0 N–H and O–H groups in total. The fraction of sp³-hybridized carbons (Fsp3) is 0.375. The lowest BCUT2D eigenvalue weighted by atomic mass is 10.1. The van der Waals surface area contributed by atoms with Crippen molar-refractivity contribution in [2.75, 3.05) is 32.7 Å². The summed E-state index contributed by atoms with van der Waals surface area (Å²) in [7, 11) is 0. The van der Waals surface area contributed by atoms with Crippen molar-refractivity contribution in [3.05, 3.63) is 42.1 Å². The van der Waals surface area contributed by atoms with E-state index in [2.05, 4.69) is 17.0 Å². The van der Waals surface area contributed by atoms with Crippen molar-refractivity contribution in [1.29, 1.82) is 0 Å². The molecule has 0 atom stereocenters. The molecule has 0 radical (unpaired) electrons. The summed E-state index contributed by atoms with van der Waals surface area (Å²) in [6, 6.07) is 11.4. The molecule has 0 spiro atoms. The first-order chi connectivity index (χ1) is 10.3. The zero-order chi connectivity index (χ0) is 14.7. The van der Waals surface area contributed by atoms with E-state index in [1.807, 2.05) is 35.2 Å². The minimum Gasteiger partial charge on any atom is -0.355 e. The number of carbonyl (C=O) groups is 1. The third kappa shape index (κ3) is 2.97. The van der Waals surface area contributed by atoms with Gasteiger partial charge < -0.3 is 14.3 Å². The Morgan fingerprint density at radius 3 is 2.57 bits per heavy atom. The average Bonchev–Trinajstić information content (AvgIpc) is 3.05. The molecule has 1 aromatic heterocycles. The summed E-state index contributed by atoms with van der Waals surface area (Å²) >= 11 is 0. The molecule has 1 aliphatic rings. The standard InChI is InChI=1S/C16H19N3O2/c1-2-18-8-10-19(11-9-18)16(20)14-12-15(21-17-14)13-6-4-3-5-7-13/h3-7,12H,2,8-11H2,1H3. The van der Waals surface area contributed by atoms with E-state index in [-0.39, 0.29) is 5.91 Å². The predicted molar refractivity (Wildman–Crippen MR) is 80.0 cm³/mol. The fourth-order valence-electron chi connectivity index (χ4n) is 2.54. The van der Waals surface area contributed by atoms with Crippen LogP contribution in [0, 0.1) is 0 Å². The lowest BCUT2D eigenvalue weighted by Gasteiger charge is -2.33. The van der Waals surface area contributed by atoms with E-state index in [1.165, 1.54) is 0 Å². The summed E-state index contributed by atoms with van der Waals surface area (Å²) in [5, 5.41) is 3.93.